The summed E-state index contributed by atoms with van der Waals surface area (Å²) in [5.41, 5.74) is 4.58. The lowest BCUT2D eigenvalue weighted by Crippen LogP contribution is -2.31. The minimum atomic E-state index is -0.0595. The number of hydrogen-bond donors (Lipinski definition) is 1. The fraction of sp³-hybridized carbons (Fsp3) is 0.556. The second-order valence-corrected chi connectivity index (χ2v) is 9.89. The van der Waals surface area contributed by atoms with Crippen molar-refractivity contribution in [1.29, 1.82) is 0 Å². The van der Waals surface area contributed by atoms with Gasteiger partial charge in [-0.15, -0.1) is 0 Å². The molecule has 1 atom stereocenters. The van der Waals surface area contributed by atoms with Gasteiger partial charge in [-0.1, -0.05) is 20.8 Å². The van der Waals surface area contributed by atoms with E-state index < -0.39 is 0 Å². The maximum absolute atomic E-state index is 6.16. The van der Waals surface area contributed by atoms with E-state index in [2.05, 4.69) is 69.3 Å². The number of nitrogens with zero attached hydrogens (tertiary/aromatic N) is 1. The molecule has 0 saturated carbocycles. The van der Waals surface area contributed by atoms with E-state index in [4.69, 9.17) is 18.9 Å². The molecule has 33 heavy (non-hydrogen) atoms. The molecule has 1 aliphatic heterocycles. The largest absolute Gasteiger partial charge is 0.496 e. The molecule has 0 saturated heterocycles. The van der Waals surface area contributed by atoms with Crippen molar-refractivity contribution >= 4 is 0 Å². The van der Waals surface area contributed by atoms with Crippen LogP contribution in [0.2, 0.25) is 0 Å². The average molecular weight is 457 g/mol. The van der Waals surface area contributed by atoms with E-state index in [1.807, 2.05) is 0 Å². The zero-order chi connectivity index (χ0) is 24.2. The van der Waals surface area contributed by atoms with Crippen LogP contribution >= 0.6 is 0 Å². The van der Waals surface area contributed by atoms with E-state index in [0.717, 1.165) is 60.1 Å². The molecule has 1 N–H and O–H groups in total. The minimum Gasteiger partial charge on any atom is -0.496 e. The smallest absolute Gasteiger partial charge is 0.161 e. The van der Waals surface area contributed by atoms with Crippen molar-refractivity contribution in [3.05, 3.63) is 46.5 Å². The molecule has 2 aromatic carbocycles. The Kier molecular flexibility index (Phi) is 8.14. The van der Waals surface area contributed by atoms with Crippen molar-refractivity contribution in [3.63, 3.8) is 0 Å². The van der Waals surface area contributed by atoms with Gasteiger partial charge in [-0.05, 0) is 67.7 Å². The maximum Gasteiger partial charge on any atom is 0.161 e. The van der Waals surface area contributed by atoms with Crippen LogP contribution < -0.4 is 24.3 Å². The Bertz CT molecular complexity index is 950. The topological polar surface area (TPSA) is 52.2 Å². The maximum atomic E-state index is 6.16. The SMILES string of the molecule is COc1cc2c(cc1OCCCN(C)C)C(c1cc(OC)c(C(C)(C)C)cc1OC)NCC2. The van der Waals surface area contributed by atoms with Crippen molar-refractivity contribution in [3.8, 4) is 23.0 Å². The molecule has 0 radical (unpaired) electrons. The lowest BCUT2D eigenvalue weighted by Gasteiger charge is -2.31. The Morgan fingerprint density at radius 2 is 1.55 bits per heavy atom. The molecule has 182 valence electrons. The van der Waals surface area contributed by atoms with Gasteiger partial charge in [0.25, 0.3) is 0 Å². The van der Waals surface area contributed by atoms with Crippen LogP contribution in [0.15, 0.2) is 24.3 Å². The highest BCUT2D eigenvalue weighted by atomic mass is 16.5. The molecule has 6 heteroatoms. The molecule has 6 nitrogen and oxygen atoms in total. The predicted octanol–water partition coefficient (Wildman–Crippen LogP) is 4.58. The number of rotatable bonds is 9. The number of nitrogens with one attached hydrogen (secondary N) is 1. The van der Waals surface area contributed by atoms with E-state index in [0.29, 0.717) is 6.61 Å². The first-order valence-corrected chi connectivity index (χ1v) is 11.7. The van der Waals surface area contributed by atoms with Gasteiger partial charge in [-0.2, -0.15) is 0 Å². The van der Waals surface area contributed by atoms with Crippen LogP contribution in [-0.4, -0.2) is 60.0 Å². The van der Waals surface area contributed by atoms with Gasteiger partial charge in [-0.25, -0.2) is 0 Å². The zero-order valence-electron chi connectivity index (χ0n) is 21.5. The summed E-state index contributed by atoms with van der Waals surface area (Å²) in [4.78, 5) is 2.16. The third-order valence-electron chi connectivity index (χ3n) is 6.16. The molecule has 0 aliphatic carbocycles. The predicted molar refractivity (Wildman–Crippen MR) is 133 cm³/mol. The molecule has 3 rings (SSSR count). The second-order valence-electron chi connectivity index (χ2n) is 9.89. The van der Waals surface area contributed by atoms with Gasteiger partial charge in [-0.3, -0.25) is 0 Å². The fourth-order valence-electron chi connectivity index (χ4n) is 4.41. The average Bonchev–Trinajstić information content (AvgIpc) is 2.79. The first-order valence-electron chi connectivity index (χ1n) is 11.7. The van der Waals surface area contributed by atoms with Crippen LogP contribution in [0.25, 0.3) is 0 Å². The van der Waals surface area contributed by atoms with Crippen LogP contribution in [0.4, 0.5) is 0 Å². The number of benzene rings is 2. The van der Waals surface area contributed by atoms with Crippen molar-refractivity contribution in [1.82, 2.24) is 10.2 Å². The quantitative estimate of drug-likeness (QED) is 0.558. The first-order chi connectivity index (χ1) is 15.7. The zero-order valence-corrected chi connectivity index (χ0v) is 21.5. The number of fused-ring (bicyclic) bond motifs is 1. The molecule has 0 aromatic heterocycles. The normalized spacial score (nSPS) is 15.8. The van der Waals surface area contributed by atoms with E-state index in [-0.39, 0.29) is 11.5 Å². The monoisotopic (exact) mass is 456 g/mol. The highest BCUT2D eigenvalue weighted by Crippen LogP contribution is 2.43. The summed E-state index contributed by atoms with van der Waals surface area (Å²) in [5, 5.41) is 3.68. The van der Waals surface area contributed by atoms with Crippen LogP contribution in [-0.2, 0) is 11.8 Å². The van der Waals surface area contributed by atoms with E-state index in [1.165, 1.54) is 11.1 Å². The lowest BCUT2D eigenvalue weighted by molar-refractivity contribution is 0.267. The van der Waals surface area contributed by atoms with Gasteiger partial charge < -0.3 is 29.2 Å². The Morgan fingerprint density at radius 3 is 2.15 bits per heavy atom. The van der Waals surface area contributed by atoms with Gasteiger partial charge in [0.2, 0.25) is 0 Å². The first kappa shape index (κ1) is 25.2. The highest BCUT2D eigenvalue weighted by molar-refractivity contribution is 5.56. The molecular weight excluding hydrogens is 416 g/mol. The number of hydrogen-bond acceptors (Lipinski definition) is 6. The molecule has 0 fully saturated rings. The summed E-state index contributed by atoms with van der Waals surface area (Å²) in [6.07, 6.45) is 1.89. The number of methoxy groups -OCH3 is 3. The molecule has 1 unspecified atom stereocenters. The van der Waals surface area contributed by atoms with Crippen LogP contribution in [0.5, 0.6) is 23.0 Å². The summed E-state index contributed by atoms with van der Waals surface area (Å²) < 4.78 is 23.5. The molecule has 1 aliphatic rings. The highest BCUT2D eigenvalue weighted by Gasteiger charge is 2.29. The second kappa shape index (κ2) is 10.7. The molecule has 0 spiro atoms. The Morgan fingerprint density at radius 1 is 0.879 bits per heavy atom. The van der Waals surface area contributed by atoms with Crippen LogP contribution in [0, 0.1) is 0 Å². The van der Waals surface area contributed by atoms with E-state index >= 15 is 0 Å². The summed E-state index contributed by atoms with van der Waals surface area (Å²) in [6.45, 7) is 9.05. The molecular formula is C27H40N2O4. The molecule has 0 bridgehead atoms. The van der Waals surface area contributed by atoms with Crippen molar-refractivity contribution in [2.45, 2.75) is 45.1 Å². The van der Waals surface area contributed by atoms with Gasteiger partial charge in [0.05, 0.1) is 34.0 Å². The molecule has 2 aromatic rings. The summed E-state index contributed by atoms with van der Waals surface area (Å²) >= 11 is 0. The van der Waals surface area contributed by atoms with Crippen molar-refractivity contribution in [2.24, 2.45) is 0 Å². The standard InChI is InChI=1S/C27H40N2O4/c1-27(2,3)21-17-22(30-6)20(16-23(21)31-7)26-19-15-25(33-13-9-12-29(4)5)24(32-8)14-18(19)10-11-28-26/h14-17,26,28H,9-13H2,1-8H3. The lowest BCUT2D eigenvalue weighted by atomic mass is 9.83. The number of ether oxygens (including phenoxy) is 4. The molecule has 1 heterocycles. The molecule has 0 amide bonds. The van der Waals surface area contributed by atoms with Crippen molar-refractivity contribution in [2.75, 3.05) is 55.1 Å². The van der Waals surface area contributed by atoms with Crippen LogP contribution in [0.1, 0.15) is 55.5 Å². The third kappa shape index (κ3) is 5.74. The summed E-state index contributed by atoms with van der Waals surface area (Å²) in [5.74, 6) is 3.30. The minimum absolute atomic E-state index is 0.0263. The van der Waals surface area contributed by atoms with Gasteiger partial charge in [0.15, 0.2) is 11.5 Å². The Balaban J connectivity index is 2.03. The summed E-state index contributed by atoms with van der Waals surface area (Å²) in [6, 6.07) is 8.46. The van der Waals surface area contributed by atoms with E-state index in [1.54, 1.807) is 21.3 Å². The van der Waals surface area contributed by atoms with Gasteiger partial charge in [0.1, 0.15) is 11.5 Å². The van der Waals surface area contributed by atoms with Gasteiger partial charge >= 0.3 is 0 Å². The Hall–Kier alpha value is -2.44. The van der Waals surface area contributed by atoms with E-state index in [9.17, 15) is 0 Å². The Labute approximate surface area is 199 Å². The van der Waals surface area contributed by atoms with Crippen molar-refractivity contribution < 1.29 is 18.9 Å². The summed E-state index contributed by atoms with van der Waals surface area (Å²) in [7, 11) is 9.30. The van der Waals surface area contributed by atoms with Gasteiger partial charge in [0, 0.05) is 24.2 Å². The third-order valence-corrected chi connectivity index (χ3v) is 6.16. The fourth-order valence-corrected chi connectivity index (χ4v) is 4.41. The van der Waals surface area contributed by atoms with Crippen LogP contribution in [0.3, 0.4) is 0 Å².